The monoisotopic (exact) mass is 511 g/mol. The molecule has 0 spiro atoms. The van der Waals surface area contributed by atoms with Crippen molar-refractivity contribution in [1.29, 1.82) is 0 Å². The van der Waals surface area contributed by atoms with Crippen molar-refractivity contribution in [2.24, 2.45) is 5.73 Å². The van der Waals surface area contributed by atoms with Crippen molar-refractivity contribution in [1.82, 2.24) is 0 Å². The van der Waals surface area contributed by atoms with Crippen LogP contribution < -0.4 is 5.73 Å². The fraction of sp³-hybridized carbons (Fsp3) is 0.684. The van der Waals surface area contributed by atoms with Crippen LogP contribution in [0.4, 0.5) is 0 Å². The SMILES string of the molecule is CC(=O)O.CC(=O)OC[C@H]1O[C@@H](SC[C@H](N)C(=O)O)[C@H](OC(C)=O)[C@@H](OC(C)=O)[C@H]1OC(C)=O. The summed E-state index contributed by atoms with van der Waals surface area (Å²) in [4.78, 5) is 66.2. The van der Waals surface area contributed by atoms with Gasteiger partial charge in [-0.25, -0.2) is 0 Å². The Balaban J connectivity index is 0.00000251. The second-order valence-corrected chi connectivity index (χ2v) is 8.00. The number of rotatable bonds is 9. The number of carboxylic acids is 2. The molecule has 194 valence electrons. The van der Waals surface area contributed by atoms with Crippen LogP contribution in [-0.4, -0.2) is 94.3 Å². The Morgan fingerprint density at radius 3 is 1.68 bits per heavy atom. The van der Waals surface area contributed by atoms with Crippen LogP contribution in [0.2, 0.25) is 0 Å². The van der Waals surface area contributed by atoms with Crippen LogP contribution >= 0.6 is 11.8 Å². The molecule has 1 fully saturated rings. The van der Waals surface area contributed by atoms with E-state index in [2.05, 4.69) is 0 Å². The second kappa shape index (κ2) is 15.1. The Bertz CT molecular complexity index is 754. The summed E-state index contributed by atoms with van der Waals surface area (Å²) in [5.41, 5.74) is 4.45. The van der Waals surface area contributed by atoms with Crippen LogP contribution in [0.25, 0.3) is 0 Å². The lowest BCUT2D eigenvalue weighted by atomic mass is 9.99. The number of hydrogen-bond acceptors (Lipinski definition) is 13. The van der Waals surface area contributed by atoms with Crippen molar-refractivity contribution in [3.05, 3.63) is 0 Å². The Kier molecular flexibility index (Phi) is 13.8. The number of carbonyl (C=O) groups excluding carboxylic acids is 4. The maximum absolute atomic E-state index is 11.7. The predicted octanol–water partition coefficient (Wildman–Crippen LogP) is -0.694. The molecule has 14 nitrogen and oxygen atoms in total. The number of hydrogen-bond donors (Lipinski definition) is 3. The molecule has 1 saturated heterocycles. The molecule has 0 aliphatic carbocycles. The molecule has 0 aromatic carbocycles. The van der Waals surface area contributed by atoms with Crippen molar-refractivity contribution in [2.45, 2.75) is 70.5 Å². The van der Waals surface area contributed by atoms with E-state index in [1.54, 1.807) is 0 Å². The van der Waals surface area contributed by atoms with Crippen molar-refractivity contribution in [2.75, 3.05) is 12.4 Å². The first-order chi connectivity index (χ1) is 15.6. The molecule has 0 amide bonds. The molecule has 15 heteroatoms. The molecular formula is C19H29NO13S. The summed E-state index contributed by atoms with van der Waals surface area (Å²) in [6, 6.07) is -1.25. The van der Waals surface area contributed by atoms with Crippen molar-refractivity contribution in [3.8, 4) is 0 Å². The average molecular weight is 512 g/mol. The van der Waals surface area contributed by atoms with Crippen LogP contribution in [0.3, 0.4) is 0 Å². The summed E-state index contributed by atoms with van der Waals surface area (Å²) in [7, 11) is 0. The lowest BCUT2D eigenvalue weighted by molar-refractivity contribution is -0.237. The fourth-order valence-corrected chi connectivity index (χ4v) is 3.75. The molecule has 1 aliphatic rings. The summed E-state index contributed by atoms with van der Waals surface area (Å²) in [5, 5.41) is 16.4. The van der Waals surface area contributed by atoms with Gasteiger partial charge in [0.1, 0.15) is 24.2 Å². The van der Waals surface area contributed by atoms with Crippen LogP contribution in [0.1, 0.15) is 34.6 Å². The van der Waals surface area contributed by atoms with Gasteiger partial charge < -0.3 is 39.6 Å². The van der Waals surface area contributed by atoms with Gasteiger partial charge in [-0.1, -0.05) is 0 Å². The Hall–Kier alpha value is -2.91. The van der Waals surface area contributed by atoms with Gasteiger partial charge in [-0.15, -0.1) is 11.8 Å². The minimum absolute atomic E-state index is 0.136. The third kappa shape index (κ3) is 12.4. The highest BCUT2D eigenvalue weighted by Gasteiger charge is 2.52. The first kappa shape index (κ1) is 31.1. The zero-order chi connectivity index (χ0) is 26.6. The normalized spacial score (nSPS) is 24.4. The summed E-state index contributed by atoms with van der Waals surface area (Å²) >= 11 is 0.896. The molecular weight excluding hydrogens is 482 g/mol. The Morgan fingerprint density at radius 2 is 1.26 bits per heavy atom. The maximum atomic E-state index is 11.7. The van der Waals surface area contributed by atoms with Gasteiger partial charge in [0, 0.05) is 40.4 Å². The van der Waals surface area contributed by atoms with Gasteiger partial charge in [-0.3, -0.25) is 28.8 Å². The van der Waals surface area contributed by atoms with E-state index in [1.807, 2.05) is 0 Å². The molecule has 0 bridgehead atoms. The fourth-order valence-electron chi connectivity index (χ4n) is 2.59. The van der Waals surface area contributed by atoms with Crippen LogP contribution in [0.5, 0.6) is 0 Å². The van der Waals surface area contributed by atoms with E-state index in [9.17, 15) is 24.0 Å². The molecule has 4 N–H and O–H groups in total. The molecule has 0 saturated carbocycles. The summed E-state index contributed by atoms with van der Waals surface area (Å²) in [6.07, 6.45) is -4.91. The highest BCUT2D eigenvalue weighted by atomic mass is 32.2. The molecule has 0 aromatic rings. The van der Waals surface area contributed by atoms with Gasteiger partial charge in [-0.05, 0) is 0 Å². The maximum Gasteiger partial charge on any atom is 0.321 e. The minimum Gasteiger partial charge on any atom is -0.481 e. The number of carbonyl (C=O) groups is 6. The first-order valence-corrected chi connectivity index (χ1v) is 10.8. The third-order valence-electron chi connectivity index (χ3n) is 3.71. The summed E-state index contributed by atoms with van der Waals surface area (Å²) in [5.74, 6) is -5.10. The zero-order valence-electron chi connectivity index (χ0n) is 19.2. The van der Waals surface area contributed by atoms with Gasteiger partial charge in [-0.2, -0.15) is 0 Å². The number of ether oxygens (including phenoxy) is 5. The van der Waals surface area contributed by atoms with Crippen LogP contribution in [-0.2, 0) is 52.5 Å². The van der Waals surface area contributed by atoms with E-state index in [0.717, 1.165) is 46.4 Å². The van der Waals surface area contributed by atoms with E-state index in [-0.39, 0.29) is 12.4 Å². The zero-order valence-corrected chi connectivity index (χ0v) is 20.1. The highest BCUT2D eigenvalue weighted by molar-refractivity contribution is 7.99. The minimum atomic E-state index is -1.30. The largest absolute Gasteiger partial charge is 0.481 e. The molecule has 1 aliphatic heterocycles. The Labute approximate surface area is 199 Å². The lowest BCUT2D eigenvalue weighted by Crippen LogP contribution is -2.61. The smallest absolute Gasteiger partial charge is 0.321 e. The van der Waals surface area contributed by atoms with Crippen molar-refractivity contribution in [3.63, 3.8) is 0 Å². The topological polar surface area (TPSA) is 215 Å². The number of thioether (sulfide) groups is 1. The van der Waals surface area contributed by atoms with Crippen molar-refractivity contribution < 1.29 is 62.7 Å². The number of nitrogens with two attached hydrogens (primary N) is 1. The lowest BCUT2D eigenvalue weighted by Gasteiger charge is -2.44. The van der Waals surface area contributed by atoms with Crippen LogP contribution in [0, 0.1) is 0 Å². The predicted molar refractivity (Wildman–Crippen MR) is 113 cm³/mol. The molecule has 0 radical (unpaired) electrons. The second-order valence-electron chi connectivity index (χ2n) is 6.86. The van der Waals surface area contributed by atoms with Gasteiger partial charge in [0.05, 0.1) is 0 Å². The van der Waals surface area contributed by atoms with Gasteiger partial charge in [0.15, 0.2) is 18.3 Å². The summed E-state index contributed by atoms with van der Waals surface area (Å²) < 4.78 is 26.5. The van der Waals surface area contributed by atoms with Crippen LogP contribution in [0.15, 0.2) is 0 Å². The molecule has 34 heavy (non-hydrogen) atoms. The molecule has 0 unspecified atom stereocenters. The molecule has 1 rings (SSSR count). The highest BCUT2D eigenvalue weighted by Crippen LogP contribution is 2.34. The number of carboxylic acid groups (broad SMARTS) is 2. The molecule has 0 aromatic heterocycles. The third-order valence-corrected chi connectivity index (χ3v) is 4.96. The average Bonchev–Trinajstić information content (AvgIpc) is 2.66. The van der Waals surface area contributed by atoms with Crippen molar-refractivity contribution >= 4 is 47.6 Å². The first-order valence-electron chi connectivity index (χ1n) is 9.75. The standard InChI is InChI=1S/C17H25NO11S.C2H4O2/c1-7(19)25-5-12-13(26-8(2)20)14(27-9(3)21)15(28-10(4)22)17(29-12)30-6-11(18)16(23)24;1-2(3)4/h11-15,17H,5-6,18H2,1-4H3,(H,23,24);1H3,(H,3,4)/t11-,12+,13-,14-,15+,17-;/m0./s1. The van der Waals surface area contributed by atoms with Gasteiger partial charge in [0.25, 0.3) is 5.97 Å². The molecule has 6 atom stereocenters. The molecule has 1 heterocycles. The van der Waals surface area contributed by atoms with E-state index >= 15 is 0 Å². The van der Waals surface area contributed by atoms with Gasteiger partial charge in [0.2, 0.25) is 0 Å². The quantitative estimate of drug-likeness (QED) is 0.258. The van der Waals surface area contributed by atoms with Gasteiger partial charge >= 0.3 is 29.8 Å². The Morgan fingerprint density at radius 1 is 0.824 bits per heavy atom. The number of esters is 4. The summed E-state index contributed by atoms with van der Waals surface area (Å²) in [6.45, 7) is 5.21. The van der Waals surface area contributed by atoms with E-state index in [4.69, 9.17) is 44.4 Å². The van der Waals surface area contributed by atoms with E-state index < -0.39 is 71.7 Å². The van der Waals surface area contributed by atoms with E-state index in [0.29, 0.717) is 0 Å². The van der Waals surface area contributed by atoms with E-state index in [1.165, 1.54) is 0 Å². The number of aliphatic carboxylic acids is 2.